The minimum absolute atomic E-state index is 0. The Balaban J connectivity index is 0.00000243. The summed E-state index contributed by atoms with van der Waals surface area (Å²) in [4.78, 5) is 12.3. The standard InChI is InChI=1S/C17H25N3O4S.ClH/c21-17(19-11-14-3-1-9-18-14)13-5-7-16(8-6-13)25(22,23)20-12-15-4-2-10-24-15;/h5-8,14-15,18,20H,1-4,9-12H2,(H,19,21);1H. The van der Waals surface area contributed by atoms with Gasteiger partial charge in [-0.1, -0.05) is 0 Å². The summed E-state index contributed by atoms with van der Waals surface area (Å²) in [7, 11) is -3.59. The van der Waals surface area contributed by atoms with Crippen molar-refractivity contribution in [2.45, 2.75) is 42.7 Å². The van der Waals surface area contributed by atoms with Crippen molar-refractivity contribution in [2.24, 2.45) is 0 Å². The number of nitrogens with one attached hydrogen (secondary N) is 3. The molecule has 0 saturated carbocycles. The second kappa shape index (κ2) is 9.66. The quantitative estimate of drug-likeness (QED) is 0.632. The van der Waals surface area contributed by atoms with Crippen molar-refractivity contribution in [1.29, 1.82) is 0 Å². The first kappa shape index (κ1) is 21.1. The predicted molar refractivity (Wildman–Crippen MR) is 101 cm³/mol. The molecule has 1 amide bonds. The summed E-state index contributed by atoms with van der Waals surface area (Å²) < 4.78 is 32.6. The van der Waals surface area contributed by atoms with Gasteiger partial charge in [0.15, 0.2) is 0 Å². The number of halogens is 1. The van der Waals surface area contributed by atoms with Gasteiger partial charge in [-0.25, -0.2) is 13.1 Å². The summed E-state index contributed by atoms with van der Waals surface area (Å²) >= 11 is 0. The molecular formula is C17H26ClN3O4S. The lowest BCUT2D eigenvalue weighted by atomic mass is 10.2. The molecule has 3 N–H and O–H groups in total. The minimum atomic E-state index is -3.59. The van der Waals surface area contributed by atoms with Crippen LogP contribution in [-0.2, 0) is 14.8 Å². The molecule has 0 aromatic heterocycles. The Morgan fingerprint density at radius 2 is 1.92 bits per heavy atom. The fourth-order valence-electron chi connectivity index (χ4n) is 3.13. The van der Waals surface area contributed by atoms with Crippen LogP contribution in [0.1, 0.15) is 36.0 Å². The smallest absolute Gasteiger partial charge is 0.251 e. The van der Waals surface area contributed by atoms with E-state index in [9.17, 15) is 13.2 Å². The lowest BCUT2D eigenvalue weighted by Gasteiger charge is -2.13. The maximum absolute atomic E-state index is 12.3. The monoisotopic (exact) mass is 403 g/mol. The highest BCUT2D eigenvalue weighted by atomic mass is 35.5. The highest BCUT2D eigenvalue weighted by Crippen LogP contribution is 2.14. The molecule has 9 heteroatoms. The Hall–Kier alpha value is -1.19. The van der Waals surface area contributed by atoms with Gasteiger partial charge in [0.25, 0.3) is 5.91 Å². The van der Waals surface area contributed by atoms with E-state index in [-0.39, 0.29) is 35.9 Å². The molecule has 2 aliphatic heterocycles. The molecule has 1 aromatic carbocycles. The van der Waals surface area contributed by atoms with Crippen LogP contribution in [0, 0.1) is 0 Å². The van der Waals surface area contributed by atoms with Gasteiger partial charge in [-0.2, -0.15) is 0 Å². The Morgan fingerprint density at radius 1 is 1.15 bits per heavy atom. The van der Waals surface area contributed by atoms with Crippen LogP contribution in [0.25, 0.3) is 0 Å². The van der Waals surface area contributed by atoms with Crippen molar-refractivity contribution in [3.05, 3.63) is 29.8 Å². The Morgan fingerprint density at radius 3 is 2.54 bits per heavy atom. The molecular weight excluding hydrogens is 378 g/mol. The van der Waals surface area contributed by atoms with Gasteiger partial charge < -0.3 is 15.4 Å². The third-order valence-corrected chi connectivity index (χ3v) is 6.06. The highest BCUT2D eigenvalue weighted by Gasteiger charge is 2.21. The van der Waals surface area contributed by atoms with Crippen LogP contribution < -0.4 is 15.4 Å². The van der Waals surface area contributed by atoms with Crippen molar-refractivity contribution < 1.29 is 17.9 Å². The Kier molecular flexibility index (Phi) is 7.85. The molecule has 0 bridgehead atoms. The van der Waals surface area contributed by atoms with E-state index in [0.29, 0.717) is 24.8 Å². The second-order valence-corrected chi connectivity index (χ2v) is 8.28. The van der Waals surface area contributed by atoms with Crippen LogP contribution in [-0.4, -0.2) is 52.7 Å². The molecule has 1 aromatic rings. The van der Waals surface area contributed by atoms with Crippen molar-refractivity contribution in [1.82, 2.24) is 15.4 Å². The lowest BCUT2D eigenvalue weighted by molar-refractivity contribution is 0.0950. The topological polar surface area (TPSA) is 96.5 Å². The summed E-state index contributed by atoms with van der Waals surface area (Å²) in [6, 6.07) is 6.32. The molecule has 26 heavy (non-hydrogen) atoms. The number of hydrogen-bond donors (Lipinski definition) is 3. The number of hydrogen-bond acceptors (Lipinski definition) is 5. The Labute approximate surface area is 160 Å². The zero-order chi connectivity index (χ0) is 17.7. The number of benzene rings is 1. The van der Waals surface area contributed by atoms with E-state index in [2.05, 4.69) is 15.4 Å². The molecule has 2 fully saturated rings. The lowest BCUT2D eigenvalue weighted by Crippen LogP contribution is -2.37. The van der Waals surface area contributed by atoms with Gasteiger partial charge in [-0.05, 0) is 56.5 Å². The summed E-state index contributed by atoms with van der Waals surface area (Å²) in [5, 5.41) is 6.20. The van der Waals surface area contributed by atoms with E-state index in [1.807, 2.05) is 0 Å². The third-order valence-electron chi connectivity index (χ3n) is 4.62. The first-order valence-corrected chi connectivity index (χ1v) is 10.3. The maximum Gasteiger partial charge on any atom is 0.251 e. The molecule has 146 valence electrons. The molecule has 3 rings (SSSR count). The fraction of sp³-hybridized carbons (Fsp3) is 0.588. The van der Waals surface area contributed by atoms with Gasteiger partial charge in [0.2, 0.25) is 10.0 Å². The van der Waals surface area contributed by atoms with Crippen molar-refractivity contribution in [3.63, 3.8) is 0 Å². The molecule has 0 spiro atoms. The summed E-state index contributed by atoms with van der Waals surface area (Å²) in [6.07, 6.45) is 3.98. The number of amides is 1. The van der Waals surface area contributed by atoms with Crippen LogP contribution in [0.2, 0.25) is 0 Å². The van der Waals surface area contributed by atoms with Crippen LogP contribution >= 0.6 is 12.4 Å². The predicted octanol–water partition coefficient (Wildman–Crippen LogP) is 1.05. The van der Waals surface area contributed by atoms with Gasteiger partial charge in [0.1, 0.15) is 0 Å². The minimum Gasteiger partial charge on any atom is -0.377 e. The number of carbonyl (C=O) groups excluding carboxylic acids is 1. The van der Waals surface area contributed by atoms with E-state index in [1.54, 1.807) is 0 Å². The molecule has 0 aliphatic carbocycles. The van der Waals surface area contributed by atoms with Gasteiger partial charge in [-0.3, -0.25) is 4.79 Å². The van der Waals surface area contributed by atoms with E-state index >= 15 is 0 Å². The summed E-state index contributed by atoms with van der Waals surface area (Å²) in [5.41, 5.74) is 0.455. The summed E-state index contributed by atoms with van der Waals surface area (Å²) in [6.45, 7) is 2.54. The molecule has 2 atom stereocenters. The van der Waals surface area contributed by atoms with E-state index in [1.165, 1.54) is 24.3 Å². The first-order chi connectivity index (χ1) is 12.0. The number of sulfonamides is 1. The largest absolute Gasteiger partial charge is 0.377 e. The van der Waals surface area contributed by atoms with E-state index in [0.717, 1.165) is 32.2 Å². The molecule has 0 radical (unpaired) electrons. The van der Waals surface area contributed by atoms with Crippen LogP contribution in [0.4, 0.5) is 0 Å². The molecule has 2 saturated heterocycles. The van der Waals surface area contributed by atoms with Crippen molar-refractivity contribution in [2.75, 3.05) is 26.2 Å². The van der Waals surface area contributed by atoms with Gasteiger partial charge in [0, 0.05) is 31.3 Å². The van der Waals surface area contributed by atoms with Gasteiger partial charge >= 0.3 is 0 Å². The molecule has 2 unspecified atom stereocenters. The SMILES string of the molecule is Cl.O=C(NCC1CCCN1)c1ccc(S(=O)(=O)NCC2CCCO2)cc1. The van der Waals surface area contributed by atoms with Crippen molar-refractivity contribution >= 4 is 28.3 Å². The average Bonchev–Trinajstić information content (AvgIpc) is 3.31. The van der Waals surface area contributed by atoms with Crippen LogP contribution in [0.5, 0.6) is 0 Å². The van der Waals surface area contributed by atoms with Crippen molar-refractivity contribution in [3.8, 4) is 0 Å². The van der Waals surface area contributed by atoms with Crippen LogP contribution in [0.3, 0.4) is 0 Å². The second-order valence-electron chi connectivity index (χ2n) is 6.51. The first-order valence-electron chi connectivity index (χ1n) is 8.77. The van der Waals surface area contributed by atoms with E-state index < -0.39 is 10.0 Å². The highest BCUT2D eigenvalue weighted by molar-refractivity contribution is 7.89. The van der Waals surface area contributed by atoms with Gasteiger partial charge in [-0.15, -0.1) is 12.4 Å². The summed E-state index contributed by atoms with van der Waals surface area (Å²) in [5.74, 6) is -0.190. The Bertz CT molecular complexity index is 684. The average molecular weight is 404 g/mol. The van der Waals surface area contributed by atoms with Crippen LogP contribution in [0.15, 0.2) is 29.2 Å². The maximum atomic E-state index is 12.3. The number of carbonyl (C=O) groups is 1. The number of rotatable bonds is 7. The molecule has 7 nitrogen and oxygen atoms in total. The number of ether oxygens (including phenoxy) is 1. The molecule has 2 heterocycles. The third kappa shape index (κ3) is 5.65. The normalized spacial score (nSPS) is 22.8. The fourth-order valence-corrected chi connectivity index (χ4v) is 4.19. The van der Waals surface area contributed by atoms with E-state index in [4.69, 9.17) is 4.74 Å². The zero-order valence-corrected chi connectivity index (χ0v) is 16.2. The zero-order valence-electron chi connectivity index (χ0n) is 14.6. The molecule has 2 aliphatic rings. The van der Waals surface area contributed by atoms with Gasteiger partial charge in [0.05, 0.1) is 11.0 Å².